The van der Waals surface area contributed by atoms with Gasteiger partial charge in [-0.15, -0.1) is 12.3 Å². The maximum atomic E-state index is 9.30. The molecule has 0 aliphatic heterocycles. The molecule has 2 heteroatoms. The summed E-state index contributed by atoms with van der Waals surface area (Å²) in [6.07, 6.45) is 5.48. The molecular weight excluding hydrogens is 160 g/mol. The molecule has 0 heterocycles. The number of rotatable bonds is 1. The Morgan fingerprint density at radius 2 is 2.27 bits per heavy atom. The third-order valence-corrected chi connectivity index (χ3v) is 1.67. The highest BCUT2D eigenvalue weighted by atomic mass is 35.5. The Bertz CT molecular complexity index is 299. The van der Waals surface area contributed by atoms with Crippen molar-refractivity contribution < 1.29 is 5.11 Å². The molecule has 1 N–H and O–H groups in total. The Kier molecular flexibility index (Phi) is 2.40. The van der Waals surface area contributed by atoms with E-state index in [9.17, 15) is 5.11 Å². The molecule has 0 unspecified atom stereocenters. The van der Waals surface area contributed by atoms with Crippen molar-refractivity contribution in [3.8, 4) is 18.1 Å². The van der Waals surface area contributed by atoms with Crippen LogP contribution in [0.5, 0.6) is 5.75 Å². The van der Waals surface area contributed by atoms with Gasteiger partial charge in [0.25, 0.3) is 0 Å². The number of terminal acetylenes is 1. The van der Waals surface area contributed by atoms with Crippen LogP contribution in [0.4, 0.5) is 0 Å². The van der Waals surface area contributed by atoms with Crippen LogP contribution in [0.15, 0.2) is 18.2 Å². The van der Waals surface area contributed by atoms with Crippen molar-refractivity contribution in [1.82, 2.24) is 0 Å². The zero-order valence-corrected chi connectivity index (χ0v) is 6.60. The van der Waals surface area contributed by atoms with Crippen LogP contribution in [-0.4, -0.2) is 5.11 Å². The molecule has 0 aromatic heterocycles. The second kappa shape index (κ2) is 3.32. The number of phenols is 1. The minimum absolute atomic E-state index is 0.0899. The molecule has 0 aliphatic carbocycles. The quantitative estimate of drug-likeness (QED) is 0.635. The van der Waals surface area contributed by atoms with E-state index in [2.05, 4.69) is 5.92 Å². The summed E-state index contributed by atoms with van der Waals surface area (Å²) in [5.41, 5.74) is 0.694. The Morgan fingerprint density at radius 1 is 1.55 bits per heavy atom. The van der Waals surface area contributed by atoms with Crippen molar-refractivity contribution in [1.29, 1.82) is 0 Å². The number of aromatic hydroxyl groups is 1. The lowest BCUT2D eigenvalue weighted by Gasteiger charge is -2.00. The molecule has 0 amide bonds. The van der Waals surface area contributed by atoms with Crippen LogP contribution in [-0.2, 0) is 6.42 Å². The third kappa shape index (κ3) is 1.66. The molecule has 1 aromatic rings. The summed E-state index contributed by atoms with van der Waals surface area (Å²) in [5.74, 6) is 2.52. The molecule has 11 heavy (non-hydrogen) atoms. The molecule has 0 aliphatic rings. The van der Waals surface area contributed by atoms with Gasteiger partial charge in [0.05, 0.1) is 5.02 Å². The lowest BCUT2D eigenvalue weighted by atomic mass is 10.1. The molecule has 0 atom stereocenters. The van der Waals surface area contributed by atoms with Gasteiger partial charge in [-0.1, -0.05) is 23.7 Å². The van der Waals surface area contributed by atoms with Crippen molar-refractivity contribution in [3.05, 3.63) is 28.8 Å². The normalized spacial score (nSPS) is 9.09. The Hall–Kier alpha value is -1.13. The van der Waals surface area contributed by atoms with E-state index in [1.165, 1.54) is 0 Å². The van der Waals surface area contributed by atoms with Crippen LogP contribution in [0, 0.1) is 12.3 Å². The first-order valence-corrected chi connectivity index (χ1v) is 3.53. The van der Waals surface area contributed by atoms with E-state index >= 15 is 0 Å². The summed E-state index contributed by atoms with van der Waals surface area (Å²) in [4.78, 5) is 0. The maximum Gasteiger partial charge on any atom is 0.138 e. The number of hydrogen-bond donors (Lipinski definition) is 1. The molecule has 0 fully saturated rings. The van der Waals surface area contributed by atoms with Crippen LogP contribution >= 0.6 is 11.6 Å². The Morgan fingerprint density at radius 3 is 2.91 bits per heavy atom. The Labute approximate surface area is 70.6 Å². The number of benzene rings is 1. The van der Waals surface area contributed by atoms with Crippen LogP contribution in [0.2, 0.25) is 5.02 Å². The van der Waals surface area contributed by atoms with Crippen LogP contribution in [0.25, 0.3) is 0 Å². The first-order chi connectivity index (χ1) is 5.25. The van der Waals surface area contributed by atoms with E-state index in [1.54, 1.807) is 18.2 Å². The van der Waals surface area contributed by atoms with E-state index in [-0.39, 0.29) is 5.75 Å². The second-order valence-electron chi connectivity index (χ2n) is 2.13. The van der Waals surface area contributed by atoms with Gasteiger partial charge in [-0.05, 0) is 6.07 Å². The van der Waals surface area contributed by atoms with E-state index in [4.69, 9.17) is 18.0 Å². The molecule has 1 nitrogen and oxygen atoms in total. The fourth-order valence-electron chi connectivity index (χ4n) is 0.813. The monoisotopic (exact) mass is 166 g/mol. The topological polar surface area (TPSA) is 20.2 Å². The predicted octanol–water partition coefficient (Wildman–Crippen LogP) is 2.22. The predicted molar refractivity (Wildman–Crippen MR) is 45.7 cm³/mol. The summed E-state index contributed by atoms with van der Waals surface area (Å²) in [7, 11) is 0. The maximum absolute atomic E-state index is 9.30. The van der Waals surface area contributed by atoms with E-state index in [0.717, 1.165) is 0 Å². The standard InChI is InChI=1S/C9H7ClO/c1-2-4-7-5-3-6-8(10)9(7)11/h1,3,5-6,11H,4H2. The van der Waals surface area contributed by atoms with Gasteiger partial charge in [0.1, 0.15) is 5.75 Å². The number of para-hydroxylation sites is 1. The first kappa shape index (κ1) is 7.97. The summed E-state index contributed by atoms with van der Waals surface area (Å²) < 4.78 is 0. The molecule has 1 rings (SSSR count). The lowest BCUT2D eigenvalue weighted by Crippen LogP contribution is -1.82. The van der Waals surface area contributed by atoms with Gasteiger partial charge in [0, 0.05) is 12.0 Å². The van der Waals surface area contributed by atoms with Gasteiger partial charge in [0.2, 0.25) is 0 Å². The summed E-state index contributed by atoms with van der Waals surface area (Å²) in [6.45, 7) is 0. The van der Waals surface area contributed by atoms with Gasteiger partial charge in [-0.2, -0.15) is 0 Å². The highest BCUT2D eigenvalue weighted by Crippen LogP contribution is 2.26. The zero-order chi connectivity index (χ0) is 8.27. The lowest BCUT2D eigenvalue weighted by molar-refractivity contribution is 0.470. The van der Waals surface area contributed by atoms with Crippen molar-refractivity contribution in [2.75, 3.05) is 0 Å². The highest BCUT2D eigenvalue weighted by molar-refractivity contribution is 6.32. The minimum Gasteiger partial charge on any atom is -0.506 e. The number of phenolic OH excluding ortho intramolecular Hbond substituents is 1. The van der Waals surface area contributed by atoms with E-state index in [1.807, 2.05) is 0 Å². The average Bonchev–Trinajstić information content (AvgIpc) is 1.99. The fraction of sp³-hybridized carbons (Fsp3) is 0.111. The van der Waals surface area contributed by atoms with Gasteiger partial charge in [0.15, 0.2) is 0 Å². The summed E-state index contributed by atoms with van der Waals surface area (Å²) in [5, 5.41) is 9.65. The molecule has 1 aromatic carbocycles. The van der Waals surface area contributed by atoms with E-state index < -0.39 is 0 Å². The largest absolute Gasteiger partial charge is 0.506 e. The molecular formula is C9H7ClO. The van der Waals surface area contributed by atoms with Gasteiger partial charge < -0.3 is 5.11 Å². The number of halogens is 1. The summed E-state index contributed by atoms with van der Waals surface area (Å²) in [6, 6.07) is 5.13. The number of hydrogen-bond acceptors (Lipinski definition) is 1. The van der Waals surface area contributed by atoms with E-state index in [0.29, 0.717) is 17.0 Å². The molecule has 0 saturated heterocycles. The van der Waals surface area contributed by atoms with Crippen LogP contribution in [0.1, 0.15) is 5.56 Å². The fourth-order valence-corrected chi connectivity index (χ4v) is 1.01. The minimum atomic E-state index is 0.0899. The smallest absolute Gasteiger partial charge is 0.138 e. The van der Waals surface area contributed by atoms with Crippen molar-refractivity contribution in [2.24, 2.45) is 0 Å². The van der Waals surface area contributed by atoms with Crippen molar-refractivity contribution in [3.63, 3.8) is 0 Å². The zero-order valence-electron chi connectivity index (χ0n) is 5.84. The van der Waals surface area contributed by atoms with Gasteiger partial charge >= 0.3 is 0 Å². The molecule has 56 valence electrons. The van der Waals surface area contributed by atoms with Crippen molar-refractivity contribution in [2.45, 2.75) is 6.42 Å². The Balaban J connectivity index is 3.08. The summed E-state index contributed by atoms with van der Waals surface area (Å²) >= 11 is 5.63. The molecule has 0 bridgehead atoms. The second-order valence-corrected chi connectivity index (χ2v) is 2.54. The van der Waals surface area contributed by atoms with Crippen molar-refractivity contribution >= 4 is 11.6 Å². The first-order valence-electron chi connectivity index (χ1n) is 3.15. The average molecular weight is 167 g/mol. The highest BCUT2D eigenvalue weighted by Gasteiger charge is 2.01. The van der Waals surface area contributed by atoms with Gasteiger partial charge in [-0.25, -0.2) is 0 Å². The van der Waals surface area contributed by atoms with Crippen LogP contribution < -0.4 is 0 Å². The SMILES string of the molecule is C#CCc1cccc(Cl)c1O. The molecule has 0 radical (unpaired) electrons. The molecule has 0 spiro atoms. The van der Waals surface area contributed by atoms with Gasteiger partial charge in [-0.3, -0.25) is 0 Å². The van der Waals surface area contributed by atoms with Crippen LogP contribution in [0.3, 0.4) is 0 Å². The third-order valence-electron chi connectivity index (χ3n) is 1.36. The molecule has 0 saturated carbocycles.